The Morgan fingerprint density at radius 3 is 2.42 bits per heavy atom. The van der Waals surface area contributed by atoms with Crippen LogP contribution in [0, 0.1) is 0 Å². The van der Waals surface area contributed by atoms with Crippen molar-refractivity contribution in [2.45, 2.75) is 44.2 Å². The summed E-state index contributed by atoms with van der Waals surface area (Å²) in [7, 11) is 0. The molecule has 12 heavy (non-hydrogen) atoms. The summed E-state index contributed by atoms with van der Waals surface area (Å²) in [5.74, 6) is 2.00. The topological polar surface area (TPSA) is 46.2 Å². The van der Waals surface area contributed by atoms with Crippen molar-refractivity contribution >= 4 is 11.8 Å². The molecule has 1 heterocycles. The number of thioether (sulfide) groups is 1. The molecular weight excluding hydrogens is 170 g/mol. The number of rotatable bonds is 3. The molecule has 72 valence electrons. The van der Waals surface area contributed by atoms with Crippen LogP contribution in [0.3, 0.4) is 0 Å². The van der Waals surface area contributed by atoms with E-state index in [0.29, 0.717) is 0 Å². The van der Waals surface area contributed by atoms with Crippen LogP contribution in [0.25, 0.3) is 0 Å². The molecular formula is C9H19NOS. The van der Waals surface area contributed by atoms with E-state index < -0.39 is 5.60 Å². The van der Waals surface area contributed by atoms with Crippen molar-refractivity contribution in [2.24, 2.45) is 5.73 Å². The molecule has 0 aliphatic carbocycles. The second-order valence-corrected chi connectivity index (χ2v) is 4.80. The Kier molecular flexibility index (Phi) is 3.07. The molecule has 1 rings (SSSR count). The van der Waals surface area contributed by atoms with Crippen molar-refractivity contribution in [2.75, 3.05) is 11.5 Å². The lowest BCUT2D eigenvalue weighted by molar-refractivity contribution is -0.0324. The van der Waals surface area contributed by atoms with Crippen LogP contribution in [0.5, 0.6) is 0 Å². The standard InChI is InChI=1S/C9H19NOS/c1-3-9(11,4-2)8(10)5-6-12-7-8/h11H,3-7,10H2,1-2H3. The minimum atomic E-state index is -0.642. The zero-order chi connectivity index (χ0) is 9.24. The van der Waals surface area contributed by atoms with E-state index in [1.807, 2.05) is 25.6 Å². The largest absolute Gasteiger partial charge is 0.388 e. The summed E-state index contributed by atoms with van der Waals surface area (Å²) in [5.41, 5.74) is 5.21. The molecule has 0 amide bonds. The number of nitrogens with two attached hydrogens (primary N) is 1. The first-order valence-corrected chi connectivity index (χ1v) is 5.82. The van der Waals surface area contributed by atoms with Crippen molar-refractivity contribution in [1.82, 2.24) is 0 Å². The first-order chi connectivity index (χ1) is 5.58. The molecule has 1 aliphatic heterocycles. The average molecular weight is 189 g/mol. The van der Waals surface area contributed by atoms with Crippen molar-refractivity contribution in [3.63, 3.8) is 0 Å². The number of hydrogen-bond donors (Lipinski definition) is 2. The molecule has 0 saturated carbocycles. The maximum Gasteiger partial charge on any atom is 0.0829 e. The third-order valence-corrected chi connectivity index (χ3v) is 4.36. The Bertz CT molecular complexity index is 149. The minimum absolute atomic E-state index is 0.332. The zero-order valence-corrected chi connectivity index (χ0v) is 8.78. The van der Waals surface area contributed by atoms with Gasteiger partial charge in [-0.05, 0) is 25.0 Å². The fourth-order valence-electron chi connectivity index (χ4n) is 1.90. The van der Waals surface area contributed by atoms with Gasteiger partial charge < -0.3 is 10.8 Å². The molecule has 1 fully saturated rings. The van der Waals surface area contributed by atoms with E-state index in [2.05, 4.69) is 0 Å². The molecule has 1 aliphatic rings. The average Bonchev–Trinajstić information content (AvgIpc) is 2.52. The molecule has 1 saturated heterocycles. The molecule has 0 aromatic rings. The molecule has 0 aromatic heterocycles. The number of aliphatic hydroxyl groups is 1. The maximum atomic E-state index is 10.2. The first-order valence-electron chi connectivity index (χ1n) is 4.67. The van der Waals surface area contributed by atoms with Crippen molar-refractivity contribution in [3.05, 3.63) is 0 Å². The SMILES string of the molecule is CCC(O)(CC)C1(N)CCSC1. The van der Waals surface area contributed by atoms with Gasteiger partial charge in [0.25, 0.3) is 0 Å². The van der Waals surface area contributed by atoms with Crippen LogP contribution in [0.1, 0.15) is 33.1 Å². The Morgan fingerprint density at radius 1 is 1.50 bits per heavy atom. The molecule has 0 radical (unpaired) electrons. The molecule has 1 unspecified atom stereocenters. The highest BCUT2D eigenvalue weighted by Crippen LogP contribution is 2.38. The van der Waals surface area contributed by atoms with Crippen LogP contribution >= 0.6 is 11.8 Å². The molecule has 0 spiro atoms. The van der Waals surface area contributed by atoms with Crippen molar-refractivity contribution in [3.8, 4) is 0 Å². The van der Waals surface area contributed by atoms with E-state index in [1.54, 1.807) is 0 Å². The number of hydrogen-bond acceptors (Lipinski definition) is 3. The van der Waals surface area contributed by atoms with Crippen molar-refractivity contribution in [1.29, 1.82) is 0 Å². The highest BCUT2D eigenvalue weighted by Gasteiger charge is 2.46. The summed E-state index contributed by atoms with van der Waals surface area (Å²) in [6.07, 6.45) is 2.48. The Labute approximate surface area is 78.9 Å². The van der Waals surface area contributed by atoms with Gasteiger partial charge in [-0.2, -0.15) is 11.8 Å². The molecule has 2 nitrogen and oxygen atoms in total. The Hall–Kier alpha value is 0.270. The lowest BCUT2D eigenvalue weighted by atomic mass is 9.76. The highest BCUT2D eigenvalue weighted by molar-refractivity contribution is 7.99. The van der Waals surface area contributed by atoms with Crippen LogP contribution < -0.4 is 5.73 Å². The second kappa shape index (κ2) is 3.56. The molecule has 0 aromatic carbocycles. The quantitative estimate of drug-likeness (QED) is 0.705. The maximum absolute atomic E-state index is 10.2. The van der Waals surface area contributed by atoms with E-state index >= 15 is 0 Å². The summed E-state index contributed by atoms with van der Waals surface area (Å²) in [6, 6.07) is 0. The smallest absolute Gasteiger partial charge is 0.0829 e. The minimum Gasteiger partial charge on any atom is -0.388 e. The fraction of sp³-hybridized carbons (Fsp3) is 1.00. The Balaban J connectivity index is 2.75. The lowest BCUT2D eigenvalue weighted by Gasteiger charge is -2.41. The van der Waals surface area contributed by atoms with Gasteiger partial charge in [-0.3, -0.25) is 0 Å². The lowest BCUT2D eigenvalue weighted by Crippen LogP contribution is -2.60. The van der Waals surface area contributed by atoms with Gasteiger partial charge >= 0.3 is 0 Å². The van der Waals surface area contributed by atoms with Crippen LogP contribution in [-0.2, 0) is 0 Å². The van der Waals surface area contributed by atoms with E-state index in [9.17, 15) is 5.11 Å². The summed E-state index contributed by atoms with van der Waals surface area (Å²) in [4.78, 5) is 0. The van der Waals surface area contributed by atoms with Crippen LogP contribution in [0.4, 0.5) is 0 Å². The highest BCUT2D eigenvalue weighted by atomic mass is 32.2. The van der Waals surface area contributed by atoms with Crippen LogP contribution in [-0.4, -0.2) is 27.8 Å². The monoisotopic (exact) mass is 189 g/mol. The van der Waals surface area contributed by atoms with Gasteiger partial charge in [0.2, 0.25) is 0 Å². The van der Waals surface area contributed by atoms with Crippen LogP contribution in [0.2, 0.25) is 0 Å². The van der Waals surface area contributed by atoms with E-state index in [4.69, 9.17) is 5.73 Å². The zero-order valence-electron chi connectivity index (χ0n) is 7.97. The van der Waals surface area contributed by atoms with Gasteiger partial charge in [-0.15, -0.1) is 0 Å². The van der Waals surface area contributed by atoms with Gasteiger partial charge in [0.15, 0.2) is 0 Å². The summed E-state index contributed by atoms with van der Waals surface area (Å²) < 4.78 is 0. The molecule has 1 atom stereocenters. The molecule has 3 N–H and O–H groups in total. The van der Waals surface area contributed by atoms with Crippen LogP contribution in [0.15, 0.2) is 0 Å². The Morgan fingerprint density at radius 2 is 2.08 bits per heavy atom. The third-order valence-electron chi connectivity index (χ3n) is 3.15. The fourth-order valence-corrected chi connectivity index (χ4v) is 3.33. The predicted molar refractivity (Wildman–Crippen MR) is 54.4 cm³/mol. The third kappa shape index (κ3) is 1.50. The molecule has 0 bridgehead atoms. The van der Waals surface area contributed by atoms with Gasteiger partial charge in [-0.25, -0.2) is 0 Å². The predicted octanol–water partition coefficient (Wildman–Crippen LogP) is 1.37. The summed E-state index contributed by atoms with van der Waals surface area (Å²) in [6.45, 7) is 4.03. The normalized spacial score (nSPS) is 31.0. The van der Waals surface area contributed by atoms with E-state index in [0.717, 1.165) is 30.8 Å². The van der Waals surface area contributed by atoms with Gasteiger partial charge in [-0.1, -0.05) is 13.8 Å². The van der Waals surface area contributed by atoms with E-state index in [1.165, 1.54) is 0 Å². The van der Waals surface area contributed by atoms with E-state index in [-0.39, 0.29) is 5.54 Å². The van der Waals surface area contributed by atoms with Crippen molar-refractivity contribution < 1.29 is 5.11 Å². The van der Waals surface area contributed by atoms with Gasteiger partial charge in [0.05, 0.1) is 11.1 Å². The molecule has 3 heteroatoms. The second-order valence-electron chi connectivity index (χ2n) is 3.70. The van der Waals surface area contributed by atoms with Gasteiger partial charge in [0.1, 0.15) is 0 Å². The summed E-state index contributed by atoms with van der Waals surface area (Å²) in [5, 5.41) is 10.2. The van der Waals surface area contributed by atoms with Gasteiger partial charge in [0, 0.05) is 5.75 Å². The first kappa shape index (κ1) is 10.4. The summed E-state index contributed by atoms with van der Waals surface area (Å²) >= 11 is 1.85.